The molecule has 11 heteroatoms. The number of amides is 2. The minimum absolute atomic E-state index is 0.0289. The Morgan fingerprint density at radius 3 is 2.46 bits per heavy atom. The van der Waals surface area contributed by atoms with Crippen LogP contribution < -0.4 is 20.9 Å². The van der Waals surface area contributed by atoms with E-state index in [0.29, 0.717) is 27.0 Å². The summed E-state index contributed by atoms with van der Waals surface area (Å²) in [6.45, 7) is 0. The summed E-state index contributed by atoms with van der Waals surface area (Å²) in [5.41, 5.74) is -0.101. The molecule has 3 aromatic heterocycles. The van der Waals surface area contributed by atoms with Crippen LogP contribution in [0.3, 0.4) is 0 Å². The zero-order chi connectivity index (χ0) is 27.5. The summed E-state index contributed by atoms with van der Waals surface area (Å²) in [5.74, 6) is -0.805. The van der Waals surface area contributed by atoms with Crippen LogP contribution in [0.5, 0.6) is 11.5 Å². The second-order valence-corrected chi connectivity index (χ2v) is 9.16. The number of benzene rings is 2. The molecule has 0 spiro atoms. The summed E-state index contributed by atoms with van der Waals surface area (Å²) in [6, 6.07) is 18.6. The molecule has 0 radical (unpaired) electrons. The molecule has 0 aliphatic carbocycles. The van der Waals surface area contributed by atoms with Crippen LogP contribution in [0.4, 0.5) is 10.1 Å². The van der Waals surface area contributed by atoms with Gasteiger partial charge in [-0.1, -0.05) is 15.9 Å². The highest BCUT2D eigenvalue weighted by Crippen LogP contribution is 2.25. The number of carbonyl (C=O) groups excluding carboxylic acids is 2. The van der Waals surface area contributed by atoms with Gasteiger partial charge in [0.15, 0.2) is 0 Å². The lowest BCUT2D eigenvalue weighted by molar-refractivity contribution is 0.0957. The number of pyridine rings is 3. The van der Waals surface area contributed by atoms with Crippen molar-refractivity contribution in [1.82, 2.24) is 19.9 Å². The van der Waals surface area contributed by atoms with E-state index < -0.39 is 17.3 Å². The van der Waals surface area contributed by atoms with Gasteiger partial charge in [0.25, 0.3) is 17.4 Å². The van der Waals surface area contributed by atoms with Crippen LogP contribution in [-0.4, -0.2) is 33.4 Å². The van der Waals surface area contributed by atoms with E-state index in [9.17, 15) is 18.8 Å². The molecular weight excluding hydrogens is 569 g/mol. The molecule has 2 amide bonds. The average Bonchev–Trinajstić information content (AvgIpc) is 2.94. The zero-order valence-electron chi connectivity index (χ0n) is 20.3. The van der Waals surface area contributed by atoms with Crippen LogP contribution in [0.15, 0.2) is 94.5 Å². The van der Waals surface area contributed by atoms with Gasteiger partial charge in [-0.25, -0.2) is 9.37 Å². The molecule has 0 bridgehead atoms. The Morgan fingerprint density at radius 2 is 1.72 bits per heavy atom. The highest BCUT2D eigenvalue weighted by atomic mass is 79.9. The van der Waals surface area contributed by atoms with Crippen molar-refractivity contribution in [3.05, 3.63) is 117 Å². The van der Waals surface area contributed by atoms with Gasteiger partial charge in [-0.05, 0) is 66.7 Å². The number of carbonyl (C=O) groups is 2. The number of rotatable bonds is 6. The highest BCUT2D eigenvalue weighted by molar-refractivity contribution is 9.10. The maximum Gasteiger partial charge on any atom is 0.269 e. The van der Waals surface area contributed by atoms with Crippen LogP contribution in [-0.2, 0) is 0 Å². The van der Waals surface area contributed by atoms with E-state index in [-0.39, 0.29) is 28.5 Å². The van der Waals surface area contributed by atoms with Gasteiger partial charge in [0.2, 0.25) is 0 Å². The molecule has 0 saturated carbocycles. The van der Waals surface area contributed by atoms with Crippen molar-refractivity contribution in [2.45, 2.75) is 0 Å². The van der Waals surface area contributed by atoms with Crippen LogP contribution in [0.25, 0.3) is 16.7 Å². The van der Waals surface area contributed by atoms with E-state index in [4.69, 9.17) is 4.74 Å². The van der Waals surface area contributed by atoms with Crippen molar-refractivity contribution in [2.24, 2.45) is 0 Å². The lowest BCUT2D eigenvalue weighted by Crippen LogP contribution is -2.29. The quantitative estimate of drug-likeness (QED) is 0.286. The molecule has 39 heavy (non-hydrogen) atoms. The van der Waals surface area contributed by atoms with Crippen LogP contribution in [0, 0.1) is 5.82 Å². The second kappa shape index (κ2) is 10.8. The fourth-order valence-electron chi connectivity index (χ4n) is 3.86. The van der Waals surface area contributed by atoms with E-state index in [0.717, 1.165) is 4.57 Å². The first-order valence-corrected chi connectivity index (χ1v) is 12.4. The predicted molar refractivity (Wildman–Crippen MR) is 147 cm³/mol. The smallest absolute Gasteiger partial charge is 0.269 e. The second-order valence-electron chi connectivity index (χ2n) is 8.25. The third-order valence-corrected chi connectivity index (χ3v) is 6.19. The Hall–Kier alpha value is -4.90. The Bertz CT molecular complexity index is 1790. The fourth-order valence-corrected chi connectivity index (χ4v) is 4.19. The Morgan fingerprint density at radius 1 is 0.923 bits per heavy atom. The lowest BCUT2D eigenvalue weighted by Gasteiger charge is -2.13. The van der Waals surface area contributed by atoms with Gasteiger partial charge in [-0.3, -0.25) is 23.9 Å². The molecular formula is C28H19BrFN5O4. The molecule has 2 aromatic carbocycles. The molecule has 5 aromatic rings. The molecule has 3 heterocycles. The van der Waals surface area contributed by atoms with E-state index in [1.807, 2.05) is 0 Å². The van der Waals surface area contributed by atoms with Crippen LogP contribution in [0.2, 0.25) is 0 Å². The normalized spacial score (nSPS) is 10.7. The fraction of sp³-hybridized carbons (Fsp3) is 0.0357. The van der Waals surface area contributed by atoms with Gasteiger partial charge < -0.3 is 15.4 Å². The van der Waals surface area contributed by atoms with E-state index >= 15 is 0 Å². The molecule has 0 atom stereocenters. The summed E-state index contributed by atoms with van der Waals surface area (Å²) in [6.07, 6.45) is 2.95. The Labute approximate surface area is 229 Å². The number of anilines is 1. The molecule has 0 saturated heterocycles. The molecule has 5 rings (SSSR count). The number of hydrogen-bond donors (Lipinski definition) is 2. The van der Waals surface area contributed by atoms with Gasteiger partial charge in [0.1, 0.15) is 34.2 Å². The van der Waals surface area contributed by atoms with Crippen LogP contribution >= 0.6 is 15.9 Å². The van der Waals surface area contributed by atoms with Crippen molar-refractivity contribution in [1.29, 1.82) is 0 Å². The van der Waals surface area contributed by atoms with Crippen molar-refractivity contribution in [3.63, 3.8) is 0 Å². The van der Waals surface area contributed by atoms with Gasteiger partial charge in [0, 0.05) is 41.1 Å². The van der Waals surface area contributed by atoms with Gasteiger partial charge in [-0.15, -0.1) is 0 Å². The summed E-state index contributed by atoms with van der Waals surface area (Å²) >= 11 is 3.21. The zero-order valence-corrected chi connectivity index (χ0v) is 21.9. The third-order valence-electron chi connectivity index (χ3n) is 5.70. The van der Waals surface area contributed by atoms with E-state index in [2.05, 4.69) is 36.5 Å². The summed E-state index contributed by atoms with van der Waals surface area (Å²) in [4.78, 5) is 46.7. The minimum Gasteiger partial charge on any atom is -0.457 e. The molecule has 0 aliphatic rings. The Balaban J connectivity index is 1.42. The highest BCUT2D eigenvalue weighted by Gasteiger charge is 2.19. The lowest BCUT2D eigenvalue weighted by atomic mass is 10.1. The number of aromatic nitrogens is 3. The van der Waals surface area contributed by atoms with Crippen molar-refractivity contribution >= 4 is 44.5 Å². The van der Waals surface area contributed by atoms with Gasteiger partial charge in [0.05, 0.1) is 5.69 Å². The Kier molecular flexibility index (Phi) is 7.15. The number of hydrogen-bond acceptors (Lipinski definition) is 6. The minimum atomic E-state index is -0.718. The van der Waals surface area contributed by atoms with Crippen molar-refractivity contribution < 1.29 is 18.7 Å². The van der Waals surface area contributed by atoms with Gasteiger partial charge >= 0.3 is 0 Å². The van der Waals surface area contributed by atoms with Crippen LogP contribution in [0.1, 0.15) is 20.8 Å². The number of halogens is 2. The first kappa shape index (κ1) is 25.7. The summed E-state index contributed by atoms with van der Waals surface area (Å²) < 4.78 is 22.2. The largest absolute Gasteiger partial charge is 0.457 e. The first-order valence-electron chi connectivity index (χ1n) is 11.6. The molecule has 2 N–H and O–H groups in total. The number of nitrogens with one attached hydrogen (secondary N) is 2. The van der Waals surface area contributed by atoms with Gasteiger partial charge in [-0.2, -0.15) is 0 Å². The molecule has 0 unspecified atom stereocenters. The average molecular weight is 588 g/mol. The van der Waals surface area contributed by atoms with Crippen molar-refractivity contribution in [2.75, 3.05) is 12.4 Å². The molecule has 0 fully saturated rings. The SMILES string of the molecule is CNC(=O)c1cc(Oc2ccc(NC(=O)c3cc4cccnc4n(-c4ccc(Br)cc4F)c3=O)cc2)ccn1. The topological polar surface area (TPSA) is 115 Å². The van der Waals surface area contributed by atoms with Crippen molar-refractivity contribution in [3.8, 4) is 17.2 Å². The molecule has 0 aliphatic heterocycles. The van der Waals surface area contributed by atoms with E-state index in [1.165, 1.54) is 43.7 Å². The number of nitrogens with zero attached hydrogens (tertiary/aromatic N) is 3. The number of ether oxygens (including phenoxy) is 1. The first-order chi connectivity index (χ1) is 18.8. The third kappa shape index (κ3) is 5.39. The monoisotopic (exact) mass is 587 g/mol. The standard InChI is InChI=1S/C28H19BrFN5O4/c1-31-27(37)23-15-20(10-12-32-23)39-19-7-5-18(6-8-19)34-26(36)21-13-16-3-2-11-33-25(16)35(28(21)38)24-9-4-17(29)14-22(24)30/h2-15H,1H3,(H,31,37)(H,34,36). The maximum absolute atomic E-state index is 14.8. The predicted octanol–water partition coefficient (Wildman–Crippen LogP) is 5.09. The summed E-state index contributed by atoms with van der Waals surface area (Å²) in [7, 11) is 1.51. The molecule has 194 valence electrons. The maximum atomic E-state index is 14.8. The summed E-state index contributed by atoms with van der Waals surface area (Å²) in [5, 5.41) is 5.68. The number of fused-ring (bicyclic) bond motifs is 1. The molecule has 9 nitrogen and oxygen atoms in total. The van der Waals surface area contributed by atoms with E-state index in [1.54, 1.807) is 48.5 Å².